The van der Waals surface area contributed by atoms with Gasteiger partial charge in [0.05, 0.1) is 0 Å². The molecule has 68 valence electrons. The topological polar surface area (TPSA) is 35.5 Å². The molecule has 1 heterocycles. The fourth-order valence-electron chi connectivity index (χ4n) is 1.20. The van der Waals surface area contributed by atoms with E-state index in [4.69, 9.17) is 16.3 Å². The Morgan fingerprint density at radius 2 is 1.85 bits per heavy atom. The number of carbonyl (C=O) groups is 1. The van der Waals surface area contributed by atoms with Crippen LogP contribution in [-0.4, -0.2) is 11.7 Å². The zero-order valence-electron chi connectivity index (χ0n) is 6.64. The summed E-state index contributed by atoms with van der Waals surface area (Å²) in [4.78, 5) is 10.7. The molecule has 0 saturated carbocycles. The van der Waals surface area contributed by atoms with Gasteiger partial charge in [-0.1, -0.05) is 41.9 Å². The molecule has 0 N–H and O–H groups in total. The van der Waals surface area contributed by atoms with Crippen LogP contribution in [0.4, 0.5) is 4.79 Å². The number of benzene rings is 1. The summed E-state index contributed by atoms with van der Waals surface area (Å²) in [5.41, 5.74) is 0.114. The molecule has 0 radical (unpaired) electrons. The predicted molar refractivity (Wildman–Crippen MR) is 46.4 cm³/mol. The van der Waals surface area contributed by atoms with Gasteiger partial charge < -0.3 is 9.47 Å². The van der Waals surface area contributed by atoms with Gasteiger partial charge in [0.25, 0.3) is 0 Å². The number of ether oxygens (including phenoxy) is 2. The van der Waals surface area contributed by atoms with Gasteiger partial charge in [-0.3, -0.25) is 0 Å². The first-order valence-electron chi connectivity index (χ1n) is 3.83. The van der Waals surface area contributed by atoms with E-state index in [1.54, 1.807) is 0 Å². The van der Waals surface area contributed by atoms with E-state index in [0.29, 0.717) is 0 Å². The maximum absolute atomic E-state index is 10.7. The molecule has 0 bridgehead atoms. The van der Waals surface area contributed by atoms with Gasteiger partial charge >= 0.3 is 6.16 Å². The Bertz CT molecular complexity index is 312. The highest BCUT2D eigenvalue weighted by atomic mass is 35.5. The van der Waals surface area contributed by atoms with Gasteiger partial charge in [0, 0.05) is 0 Å². The molecule has 4 heteroatoms. The van der Waals surface area contributed by atoms with E-state index >= 15 is 0 Å². The van der Waals surface area contributed by atoms with Crippen molar-refractivity contribution in [3.8, 4) is 0 Å². The van der Waals surface area contributed by atoms with Crippen molar-refractivity contribution in [2.24, 2.45) is 0 Å². The minimum Gasteiger partial charge on any atom is -0.421 e. The molecular formula is C9H7ClO3. The number of cyclic esters (lactones) is 2. The molecule has 1 aliphatic rings. The van der Waals surface area contributed by atoms with Crippen LogP contribution >= 0.6 is 11.6 Å². The highest BCUT2D eigenvalue weighted by Gasteiger charge is 2.35. The molecule has 1 saturated heterocycles. The van der Waals surface area contributed by atoms with Crippen LogP contribution in [0, 0.1) is 0 Å². The average molecular weight is 199 g/mol. The van der Waals surface area contributed by atoms with Gasteiger partial charge in [-0.15, -0.1) is 0 Å². The third-order valence-corrected chi connectivity index (χ3v) is 2.12. The normalized spacial score (nSPS) is 26.7. The van der Waals surface area contributed by atoms with Gasteiger partial charge in [-0.25, -0.2) is 4.79 Å². The molecule has 2 atom stereocenters. The van der Waals surface area contributed by atoms with Crippen molar-refractivity contribution in [1.29, 1.82) is 0 Å². The molecule has 0 amide bonds. The lowest BCUT2D eigenvalue weighted by Crippen LogP contribution is -2.06. The van der Waals surface area contributed by atoms with Crippen LogP contribution in [-0.2, 0) is 9.47 Å². The zero-order chi connectivity index (χ0) is 9.26. The minimum atomic E-state index is -0.727. The van der Waals surface area contributed by atoms with Gasteiger partial charge in [-0.2, -0.15) is 0 Å². The third kappa shape index (κ3) is 1.60. The van der Waals surface area contributed by atoms with E-state index in [-0.39, 0.29) is 0 Å². The highest BCUT2D eigenvalue weighted by Crippen LogP contribution is 2.31. The first-order chi connectivity index (χ1) is 6.27. The molecule has 0 spiro atoms. The summed E-state index contributed by atoms with van der Waals surface area (Å²) >= 11 is 5.74. The largest absolute Gasteiger partial charge is 0.510 e. The van der Waals surface area contributed by atoms with E-state index in [1.165, 1.54) is 0 Å². The van der Waals surface area contributed by atoms with Crippen LogP contribution in [0.25, 0.3) is 0 Å². The van der Waals surface area contributed by atoms with Crippen LogP contribution in [0.2, 0.25) is 0 Å². The number of hydrogen-bond acceptors (Lipinski definition) is 3. The van der Waals surface area contributed by atoms with Gasteiger partial charge in [0.2, 0.25) is 5.56 Å². The lowest BCUT2D eigenvalue weighted by Gasteiger charge is -2.08. The maximum Gasteiger partial charge on any atom is 0.510 e. The summed E-state index contributed by atoms with van der Waals surface area (Å²) in [6.07, 6.45) is -1.20. The molecule has 1 aromatic rings. The molecule has 2 unspecified atom stereocenters. The molecule has 1 fully saturated rings. The number of rotatable bonds is 1. The van der Waals surface area contributed by atoms with Crippen LogP contribution in [0.15, 0.2) is 30.3 Å². The average Bonchev–Trinajstić information content (AvgIpc) is 2.47. The molecule has 0 aromatic heterocycles. The molecular weight excluding hydrogens is 192 g/mol. The standard InChI is InChI=1S/C9H7ClO3/c10-8-7(12-9(11)13-8)6-4-2-1-3-5-6/h1-5,7-8H. The minimum absolute atomic E-state index is 0.490. The number of hydrogen-bond donors (Lipinski definition) is 0. The third-order valence-electron chi connectivity index (χ3n) is 1.80. The summed E-state index contributed by atoms with van der Waals surface area (Å²) in [7, 11) is 0. The highest BCUT2D eigenvalue weighted by molar-refractivity contribution is 6.21. The van der Waals surface area contributed by atoms with Crippen molar-refractivity contribution < 1.29 is 14.3 Å². The SMILES string of the molecule is O=C1OC(Cl)C(c2ccccc2)O1. The summed E-state index contributed by atoms with van der Waals surface area (Å²) in [5.74, 6) is 0. The Morgan fingerprint density at radius 1 is 1.15 bits per heavy atom. The monoisotopic (exact) mass is 198 g/mol. The van der Waals surface area contributed by atoms with Gasteiger partial charge in [-0.05, 0) is 5.56 Å². The van der Waals surface area contributed by atoms with Crippen molar-refractivity contribution in [2.45, 2.75) is 11.7 Å². The van der Waals surface area contributed by atoms with Crippen LogP contribution < -0.4 is 0 Å². The number of carbonyl (C=O) groups excluding carboxylic acids is 1. The van der Waals surface area contributed by atoms with E-state index in [9.17, 15) is 4.79 Å². The molecule has 3 nitrogen and oxygen atoms in total. The van der Waals surface area contributed by atoms with Crippen molar-refractivity contribution in [1.82, 2.24) is 0 Å². The second-order valence-corrected chi connectivity index (χ2v) is 3.10. The van der Waals surface area contributed by atoms with Crippen molar-refractivity contribution in [2.75, 3.05) is 0 Å². The van der Waals surface area contributed by atoms with Gasteiger partial charge in [0.1, 0.15) is 0 Å². The van der Waals surface area contributed by atoms with Crippen LogP contribution in [0.1, 0.15) is 11.7 Å². The fraction of sp³-hybridized carbons (Fsp3) is 0.222. The number of halogens is 1. The van der Waals surface area contributed by atoms with E-state index in [0.717, 1.165) is 5.56 Å². The smallest absolute Gasteiger partial charge is 0.421 e. The fourth-order valence-corrected chi connectivity index (χ4v) is 1.47. The first-order valence-corrected chi connectivity index (χ1v) is 4.27. The summed E-state index contributed by atoms with van der Waals surface area (Å²) in [6.45, 7) is 0. The number of alkyl halides is 1. The Kier molecular flexibility index (Phi) is 2.10. The lowest BCUT2D eigenvalue weighted by atomic mass is 10.1. The van der Waals surface area contributed by atoms with Crippen molar-refractivity contribution in [3.63, 3.8) is 0 Å². The second kappa shape index (κ2) is 3.26. The zero-order valence-corrected chi connectivity index (χ0v) is 7.40. The van der Waals surface area contributed by atoms with Crippen molar-refractivity contribution in [3.05, 3.63) is 35.9 Å². The van der Waals surface area contributed by atoms with E-state index in [2.05, 4.69) is 4.74 Å². The predicted octanol–water partition coefficient (Wildman–Crippen LogP) is 2.46. The van der Waals surface area contributed by atoms with E-state index < -0.39 is 17.8 Å². The molecule has 1 aliphatic heterocycles. The first kappa shape index (κ1) is 8.38. The summed E-state index contributed by atoms with van der Waals surface area (Å²) < 4.78 is 9.50. The quantitative estimate of drug-likeness (QED) is 0.514. The van der Waals surface area contributed by atoms with Crippen molar-refractivity contribution >= 4 is 17.8 Å². The second-order valence-electron chi connectivity index (χ2n) is 2.67. The maximum atomic E-state index is 10.7. The lowest BCUT2D eigenvalue weighted by molar-refractivity contribution is 0.118. The molecule has 2 rings (SSSR count). The summed E-state index contributed by atoms with van der Waals surface area (Å²) in [5, 5.41) is 0. The van der Waals surface area contributed by atoms with Crippen LogP contribution in [0.5, 0.6) is 0 Å². The summed E-state index contributed by atoms with van der Waals surface area (Å²) in [6, 6.07) is 9.25. The Labute approximate surface area is 80.2 Å². The van der Waals surface area contributed by atoms with Crippen LogP contribution in [0.3, 0.4) is 0 Å². The Morgan fingerprint density at radius 3 is 2.38 bits per heavy atom. The van der Waals surface area contributed by atoms with Gasteiger partial charge in [0.15, 0.2) is 6.10 Å². The Hall–Kier alpha value is -1.22. The molecule has 1 aromatic carbocycles. The molecule has 13 heavy (non-hydrogen) atoms. The van der Waals surface area contributed by atoms with E-state index in [1.807, 2.05) is 30.3 Å². The Balaban J connectivity index is 2.23. The molecule has 0 aliphatic carbocycles.